The van der Waals surface area contributed by atoms with E-state index >= 15 is 0 Å². The Morgan fingerprint density at radius 3 is 2.57 bits per heavy atom. The number of aliphatic hydroxyl groups is 1. The minimum absolute atomic E-state index is 0.0603. The van der Waals surface area contributed by atoms with Gasteiger partial charge in [0.2, 0.25) is 0 Å². The van der Waals surface area contributed by atoms with E-state index in [-0.39, 0.29) is 5.69 Å². The van der Waals surface area contributed by atoms with E-state index in [1.165, 1.54) is 17.1 Å². The highest BCUT2D eigenvalue weighted by Crippen LogP contribution is 2.33. The van der Waals surface area contributed by atoms with Crippen LogP contribution in [0.3, 0.4) is 0 Å². The molecule has 14 heavy (non-hydrogen) atoms. The summed E-state index contributed by atoms with van der Waals surface area (Å²) in [5, 5.41) is 9.24. The van der Waals surface area contributed by atoms with Crippen LogP contribution in [0.15, 0.2) is 24.7 Å². The SMILES string of the molecule is C=C(C(O)c1cn(C)cn1)C(F)(F)F. The molecule has 1 aromatic rings. The molecule has 1 heterocycles. The third kappa shape index (κ3) is 2.14. The second kappa shape index (κ2) is 3.45. The molecule has 6 heteroatoms. The molecule has 0 aliphatic carbocycles. The molecule has 1 N–H and O–H groups in total. The Labute approximate surface area is 78.5 Å². The zero-order valence-corrected chi connectivity index (χ0v) is 7.41. The predicted octanol–water partition coefficient (Wildman–Crippen LogP) is 1.57. The van der Waals surface area contributed by atoms with Crippen LogP contribution in [0.25, 0.3) is 0 Å². The molecule has 0 saturated heterocycles. The quantitative estimate of drug-likeness (QED) is 0.746. The van der Waals surface area contributed by atoms with Gasteiger partial charge in [0.25, 0.3) is 0 Å². The van der Waals surface area contributed by atoms with E-state index < -0.39 is 17.9 Å². The maximum Gasteiger partial charge on any atom is 0.414 e. The molecule has 1 atom stereocenters. The monoisotopic (exact) mass is 206 g/mol. The topological polar surface area (TPSA) is 38.0 Å². The minimum atomic E-state index is -4.60. The molecule has 3 nitrogen and oxygen atoms in total. The van der Waals surface area contributed by atoms with Crippen LogP contribution in [0.2, 0.25) is 0 Å². The van der Waals surface area contributed by atoms with Gasteiger partial charge >= 0.3 is 6.18 Å². The third-order valence-electron chi connectivity index (χ3n) is 1.70. The normalized spacial score (nSPS) is 14.1. The number of aliphatic hydroxyl groups excluding tert-OH is 1. The van der Waals surface area contributed by atoms with Gasteiger partial charge in [0, 0.05) is 13.2 Å². The van der Waals surface area contributed by atoms with Crippen LogP contribution < -0.4 is 0 Å². The van der Waals surface area contributed by atoms with Gasteiger partial charge in [-0.05, 0) is 0 Å². The standard InChI is InChI=1S/C8H9F3N2O/c1-5(8(9,10)11)7(14)6-3-13(2)4-12-6/h3-4,7,14H,1H2,2H3. The Balaban J connectivity index is 2.86. The van der Waals surface area contributed by atoms with Crippen molar-refractivity contribution in [1.82, 2.24) is 9.55 Å². The number of nitrogens with zero attached hydrogens (tertiary/aromatic N) is 2. The van der Waals surface area contributed by atoms with Crippen molar-refractivity contribution in [1.29, 1.82) is 0 Å². The molecule has 0 aromatic carbocycles. The summed E-state index contributed by atoms with van der Waals surface area (Å²) in [6.45, 7) is 2.79. The molecule has 0 radical (unpaired) electrons. The zero-order valence-electron chi connectivity index (χ0n) is 7.41. The first-order valence-electron chi connectivity index (χ1n) is 3.74. The van der Waals surface area contributed by atoms with Gasteiger partial charge in [-0.3, -0.25) is 0 Å². The maximum absolute atomic E-state index is 12.1. The second-order valence-corrected chi connectivity index (χ2v) is 2.89. The first-order valence-corrected chi connectivity index (χ1v) is 3.74. The summed E-state index contributed by atoms with van der Waals surface area (Å²) < 4.78 is 37.7. The van der Waals surface area contributed by atoms with Gasteiger partial charge in [0.05, 0.1) is 17.6 Å². The molecule has 1 unspecified atom stereocenters. The Kier molecular flexibility index (Phi) is 2.66. The largest absolute Gasteiger partial charge is 0.414 e. The lowest BCUT2D eigenvalue weighted by molar-refractivity contribution is -0.105. The van der Waals surface area contributed by atoms with Crippen LogP contribution in [0.4, 0.5) is 13.2 Å². The number of rotatable bonds is 2. The minimum Gasteiger partial charge on any atom is -0.382 e. The van der Waals surface area contributed by atoms with Gasteiger partial charge in [0.1, 0.15) is 6.10 Å². The van der Waals surface area contributed by atoms with Crippen molar-refractivity contribution in [3.8, 4) is 0 Å². The van der Waals surface area contributed by atoms with Gasteiger partial charge in [-0.1, -0.05) is 6.58 Å². The zero-order chi connectivity index (χ0) is 10.9. The lowest BCUT2D eigenvalue weighted by Crippen LogP contribution is -2.17. The predicted molar refractivity (Wildman–Crippen MR) is 43.4 cm³/mol. The Morgan fingerprint density at radius 2 is 2.21 bits per heavy atom. The number of imidazole rings is 1. The summed E-state index contributed by atoms with van der Waals surface area (Å²) in [4.78, 5) is 3.60. The van der Waals surface area contributed by atoms with E-state index in [2.05, 4.69) is 11.6 Å². The van der Waals surface area contributed by atoms with Crippen LogP contribution in [0.1, 0.15) is 11.8 Å². The van der Waals surface area contributed by atoms with Crippen molar-refractivity contribution in [3.63, 3.8) is 0 Å². The molecule has 1 rings (SSSR count). The van der Waals surface area contributed by atoms with Gasteiger partial charge < -0.3 is 9.67 Å². The molecule has 1 aromatic heterocycles. The van der Waals surface area contributed by atoms with E-state index in [4.69, 9.17) is 0 Å². The fourth-order valence-corrected chi connectivity index (χ4v) is 0.908. The molecule has 0 bridgehead atoms. The van der Waals surface area contributed by atoms with Gasteiger partial charge in [0.15, 0.2) is 0 Å². The number of alkyl halides is 3. The Hall–Kier alpha value is -1.30. The molecule has 0 aliphatic rings. The van der Waals surface area contributed by atoms with Crippen molar-refractivity contribution in [2.75, 3.05) is 0 Å². The molecule has 0 fully saturated rings. The maximum atomic E-state index is 12.1. The van der Waals surface area contributed by atoms with Crippen molar-refractivity contribution in [3.05, 3.63) is 30.4 Å². The Bertz CT molecular complexity index is 343. The molecule has 0 amide bonds. The van der Waals surface area contributed by atoms with Crippen molar-refractivity contribution in [2.45, 2.75) is 12.3 Å². The fraction of sp³-hybridized carbons (Fsp3) is 0.375. The lowest BCUT2D eigenvalue weighted by atomic mass is 10.1. The van der Waals surface area contributed by atoms with Crippen LogP contribution in [-0.4, -0.2) is 20.8 Å². The molecule has 78 valence electrons. The first kappa shape index (κ1) is 10.8. The summed E-state index contributed by atoms with van der Waals surface area (Å²) in [6.07, 6.45) is -3.78. The molecule has 0 saturated carbocycles. The average Bonchev–Trinajstić information content (AvgIpc) is 2.47. The summed E-state index contributed by atoms with van der Waals surface area (Å²) in [5.74, 6) is 0. The molecular formula is C8H9F3N2O. The number of aryl methyl sites for hydroxylation is 1. The van der Waals surface area contributed by atoms with E-state index in [0.717, 1.165) is 0 Å². The lowest BCUT2D eigenvalue weighted by Gasteiger charge is -2.14. The van der Waals surface area contributed by atoms with E-state index in [0.29, 0.717) is 0 Å². The highest BCUT2D eigenvalue weighted by atomic mass is 19.4. The van der Waals surface area contributed by atoms with Crippen LogP contribution >= 0.6 is 0 Å². The third-order valence-corrected chi connectivity index (χ3v) is 1.70. The molecule has 0 aliphatic heterocycles. The van der Waals surface area contributed by atoms with Crippen LogP contribution in [-0.2, 0) is 7.05 Å². The van der Waals surface area contributed by atoms with Crippen molar-refractivity contribution < 1.29 is 18.3 Å². The second-order valence-electron chi connectivity index (χ2n) is 2.89. The van der Waals surface area contributed by atoms with E-state index in [9.17, 15) is 18.3 Å². The Morgan fingerprint density at radius 1 is 1.64 bits per heavy atom. The van der Waals surface area contributed by atoms with Crippen molar-refractivity contribution >= 4 is 0 Å². The number of halogens is 3. The molecule has 0 spiro atoms. The van der Waals surface area contributed by atoms with Gasteiger partial charge in [-0.2, -0.15) is 13.2 Å². The highest BCUT2D eigenvalue weighted by Gasteiger charge is 2.37. The van der Waals surface area contributed by atoms with E-state index in [1.54, 1.807) is 7.05 Å². The van der Waals surface area contributed by atoms with Gasteiger partial charge in [-0.25, -0.2) is 4.98 Å². The van der Waals surface area contributed by atoms with E-state index in [1.807, 2.05) is 0 Å². The van der Waals surface area contributed by atoms with Crippen LogP contribution in [0.5, 0.6) is 0 Å². The smallest absolute Gasteiger partial charge is 0.382 e. The fourth-order valence-electron chi connectivity index (χ4n) is 0.908. The molecular weight excluding hydrogens is 197 g/mol. The summed E-state index contributed by atoms with van der Waals surface area (Å²) in [7, 11) is 1.60. The average molecular weight is 206 g/mol. The van der Waals surface area contributed by atoms with Crippen molar-refractivity contribution in [2.24, 2.45) is 7.05 Å². The number of hydrogen-bond donors (Lipinski definition) is 1. The summed E-state index contributed by atoms with van der Waals surface area (Å²) in [6, 6.07) is 0. The number of hydrogen-bond acceptors (Lipinski definition) is 2. The first-order chi connectivity index (χ1) is 6.32. The van der Waals surface area contributed by atoms with Gasteiger partial charge in [-0.15, -0.1) is 0 Å². The number of aromatic nitrogens is 2. The summed E-state index contributed by atoms with van der Waals surface area (Å²) in [5.41, 5.74) is -1.27. The van der Waals surface area contributed by atoms with Crippen LogP contribution in [0, 0.1) is 0 Å². The summed E-state index contributed by atoms with van der Waals surface area (Å²) >= 11 is 0. The highest BCUT2D eigenvalue weighted by molar-refractivity contribution is 5.18.